The highest BCUT2D eigenvalue weighted by atomic mass is 79.9. The normalized spacial score (nSPS) is 18.2. The monoisotopic (exact) mass is 291 g/mol. The zero-order valence-corrected chi connectivity index (χ0v) is 11.5. The van der Waals surface area contributed by atoms with Crippen molar-refractivity contribution in [3.8, 4) is 5.75 Å². The average Bonchev–Trinajstić information content (AvgIpc) is 2.75. The van der Waals surface area contributed by atoms with Crippen molar-refractivity contribution in [1.29, 1.82) is 0 Å². The van der Waals surface area contributed by atoms with Crippen LogP contribution in [0.5, 0.6) is 5.75 Å². The van der Waals surface area contributed by atoms with E-state index in [0.29, 0.717) is 0 Å². The molecule has 0 fully saturated rings. The number of aryl methyl sites for hydroxylation is 2. The lowest BCUT2D eigenvalue weighted by atomic mass is 10.0. The molecule has 1 atom stereocenters. The van der Waals surface area contributed by atoms with Gasteiger partial charge in [0.15, 0.2) is 0 Å². The SMILES string of the molecule is Cc1ccc2nc(C)c3c(c2c1)OC(CBr)C3. The largest absolute Gasteiger partial charge is 0.488 e. The molecule has 0 spiro atoms. The van der Waals surface area contributed by atoms with Crippen LogP contribution in [0.25, 0.3) is 10.9 Å². The first kappa shape index (κ1) is 11.0. The van der Waals surface area contributed by atoms with Gasteiger partial charge in [-0.15, -0.1) is 0 Å². The Morgan fingerprint density at radius 2 is 2.24 bits per heavy atom. The predicted molar refractivity (Wildman–Crippen MR) is 73.1 cm³/mol. The molecule has 0 amide bonds. The van der Waals surface area contributed by atoms with Gasteiger partial charge < -0.3 is 4.74 Å². The predicted octanol–water partition coefficient (Wildman–Crippen LogP) is 3.55. The Morgan fingerprint density at radius 3 is 3.00 bits per heavy atom. The Morgan fingerprint density at radius 1 is 1.41 bits per heavy atom. The van der Waals surface area contributed by atoms with Crippen LogP contribution in [0.2, 0.25) is 0 Å². The van der Waals surface area contributed by atoms with Crippen LogP contribution in [0.4, 0.5) is 0 Å². The minimum absolute atomic E-state index is 0.247. The van der Waals surface area contributed by atoms with E-state index in [1.807, 2.05) is 0 Å². The van der Waals surface area contributed by atoms with Gasteiger partial charge in [-0.25, -0.2) is 0 Å². The third kappa shape index (κ3) is 1.73. The van der Waals surface area contributed by atoms with Crippen LogP contribution in [0.3, 0.4) is 0 Å². The van der Waals surface area contributed by atoms with E-state index in [4.69, 9.17) is 4.74 Å². The van der Waals surface area contributed by atoms with E-state index >= 15 is 0 Å². The van der Waals surface area contributed by atoms with Gasteiger partial charge in [0.1, 0.15) is 11.9 Å². The zero-order chi connectivity index (χ0) is 12.0. The third-order valence-corrected chi connectivity index (χ3v) is 4.01. The van der Waals surface area contributed by atoms with Crippen molar-refractivity contribution in [1.82, 2.24) is 4.98 Å². The van der Waals surface area contributed by atoms with Crippen LogP contribution in [-0.2, 0) is 6.42 Å². The van der Waals surface area contributed by atoms with Gasteiger partial charge in [-0.1, -0.05) is 27.6 Å². The number of fused-ring (bicyclic) bond motifs is 3. The molecule has 1 unspecified atom stereocenters. The first-order valence-electron chi connectivity index (χ1n) is 5.81. The van der Waals surface area contributed by atoms with Crippen molar-refractivity contribution in [2.24, 2.45) is 0 Å². The fourth-order valence-electron chi connectivity index (χ4n) is 2.40. The summed E-state index contributed by atoms with van der Waals surface area (Å²) in [5.41, 5.74) is 4.64. The van der Waals surface area contributed by atoms with Gasteiger partial charge in [-0.05, 0) is 26.0 Å². The Hall–Kier alpha value is -1.09. The van der Waals surface area contributed by atoms with Gasteiger partial charge in [0, 0.05) is 28.4 Å². The molecule has 1 aliphatic rings. The molecule has 0 radical (unpaired) electrons. The molecule has 2 nitrogen and oxygen atoms in total. The highest BCUT2D eigenvalue weighted by Gasteiger charge is 2.26. The fourth-order valence-corrected chi connectivity index (χ4v) is 2.76. The van der Waals surface area contributed by atoms with E-state index in [1.54, 1.807) is 0 Å². The molecule has 3 heteroatoms. The molecule has 0 saturated heterocycles. The van der Waals surface area contributed by atoms with Gasteiger partial charge >= 0.3 is 0 Å². The summed E-state index contributed by atoms with van der Waals surface area (Å²) in [6.45, 7) is 4.17. The van der Waals surface area contributed by atoms with Crippen LogP contribution < -0.4 is 4.74 Å². The molecule has 1 aromatic heterocycles. The van der Waals surface area contributed by atoms with E-state index in [0.717, 1.165) is 34.1 Å². The number of nitrogens with zero attached hydrogens (tertiary/aromatic N) is 1. The Bertz CT molecular complexity index is 594. The van der Waals surface area contributed by atoms with Crippen LogP contribution >= 0.6 is 15.9 Å². The summed E-state index contributed by atoms with van der Waals surface area (Å²) in [6, 6.07) is 6.33. The van der Waals surface area contributed by atoms with Gasteiger partial charge in [0.05, 0.1) is 5.52 Å². The topological polar surface area (TPSA) is 22.1 Å². The molecule has 0 aliphatic carbocycles. The second kappa shape index (κ2) is 3.98. The summed E-state index contributed by atoms with van der Waals surface area (Å²) in [4.78, 5) is 4.66. The average molecular weight is 292 g/mol. The standard InChI is InChI=1S/C14H14BrNO/c1-8-3-4-13-12(5-8)14-11(9(2)16-13)6-10(7-15)17-14/h3-5,10H,6-7H2,1-2H3. The molecule has 17 heavy (non-hydrogen) atoms. The highest BCUT2D eigenvalue weighted by molar-refractivity contribution is 9.09. The van der Waals surface area contributed by atoms with Crippen molar-refractivity contribution < 1.29 is 4.74 Å². The van der Waals surface area contributed by atoms with E-state index in [9.17, 15) is 0 Å². The molecule has 1 aliphatic heterocycles. The zero-order valence-electron chi connectivity index (χ0n) is 9.96. The Kier molecular flexibility index (Phi) is 2.58. The highest BCUT2D eigenvalue weighted by Crippen LogP contribution is 2.37. The Balaban J connectivity index is 2.28. The molecule has 2 aromatic rings. The van der Waals surface area contributed by atoms with E-state index in [2.05, 4.69) is 53.0 Å². The number of benzene rings is 1. The van der Waals surface area contributed by atoms with Gasteiger partial charge in [0.25, 0.3) is 0 Å². The van der Waals surface area contributed by atoms with Gasteiger partial charge in [-0.3, -0.25) is 4.98 Å². The maximum atomic E-state index is 6.02. The van der Waals surface area contributed by atoms with E-state index < -0.39 is 0 Å². The van der Waals surface area contributed by atoms with Crippen molar-refractivity contribution in [3.63, 3.8) is 0 Å². The molecule has 0 saturated carbocycles. The van der Waals surface area contributed by atoms with Gasteiger partial charge in [-0.2, -0.15) is 0 Å². The lowest BCUT2D eigenvalue weighted by molar-refractivity contribution is 0.263. The fraction of sp³-hybridized carbons (Fsp3) is 0.357. The second-order valence-electron chi connectivity index (χ2n) is 4.62. The number of ether oxygens (including phenoxy) is 1. The Labute approximate surface area is 109 Å². The lowest BCUT2D eigenvalue weighted by Gasteiger charge is -2.09. The minimum atomic E-state index is 0.247. The third-order valence-electron chi connectivity index (χ3n) is 3.28. The molecule has 0 N–H and O–H groups in total. The van der Waals surface area contributed by atoms with Crippen LogP contribution in [0, 0.1) is 13.8 Å². The maximum Gasteiger partial charge on any atom is 0.134 e. The molecule has 88 valence electrons. The number of alkyl halides is 1. The summed E-state index contributed by atoms with van der Waals surface area (Å²) in [7, 11) is 0. The second-order valence-corrected chi connectivity index (χ2v) is 5.27. The number of halogens is 1. The van der Waals surface area contributed by atoms with Crippen molar-refractivity contribution >= 4 is 26.8 Å². The summed E-state index contributed by atoms with van der Waals surface area (Å²) >= 11 is 3.49. The maximum absolute atomic E-state index is 6.02. The van der Waals surface area contributed by atoms with E-state index in [-0.39, 0.29) is 6.10 Å². The van der Waals surface area contributed by atoms with Crippen molar-refractivity contribution in [2.45, 2.75) is 26.4 Å². The van der Waals surface area contributed by atoms with Crippen LogP contribution in [0.15, 0.2) is 18.2 Å². The van der Waals surface area contributed by atoms with Crippen molar-refractivity contribution in [3.05, 3.63) is 35.0 Å². The van der Waals surface area contributed by atoms with Crippen molar-refractivity contribution in [2.75, 3.05) is 5.33 Å². The molecular formula is C14H14BrNO. The number of aromatic nitrogens is 1. The number of hydrogen-bond acceptors (Lipinski definition) is 2. The number of hydrogen-bond donors (Lipinski definition) is 0. The summed E-state index contributed by atoms with van der Waals surface area (Å²) in [6.07, 6.45) is 1.21. The minimum Gasteiger partial charge on any atom is -0.488 e. The summed E-state index contributed by atoms with van der Waals surface area (Å²) in [5, 5.41) is 2.02. The first-order valence-corrected chi connectivity index (χ1v) is 6.93. The molecule has 1 aromatic carbocycles. The smallest absolute Gasteiger partial charge is 0.134 e. The van der Waals surface area contributed by atoms with Crippen LogP contribution in [-0.4, -0.2) is 16.4 Å². The number of rotatable bonds is 1. The molecular weight excluding hydrogens is 278 g/mol. The van der Waals surface area contributed by atoms with E-state index in [1.165, 1.54) is 11.1 Å². The van der Waals surface area contributed by atoms with Gasteiger partial charge in [0.2, 0.25) is 0 Å². The quantitative estimate of drug-likeness (QED) is 0.750. The molecule has 0 bridgehead atoms. The number of pyridine rings is 1. The lowest BCUT2D eigenvalue weighted by Crippen LogP contribution is -2.13. The molecule has 3 rings (SSSR count). The summed E-state index contributed by atoms with van der Waals surface area (Å²) < 4.78 is 6.02. The molecule has 2 heterocycles. The first-order chi connectivity index (χ1) is 8.19. The summed E-state index contributed by atoms with van der Waals surface area (Å²) in [5.74, 6) is 1.04. The van der Waals surface area contributed by atoms with Crippen LogP contribution in [0.1, 0.15) is 16.8 Å².